The monoisotopic (exact) mass is 282 g/mol. The molecule has 1 heterocycles. The number of fused-ring (bicyclic) bond motifs is 1. The molecule has 3 aromatic rings. The molecular formula is C17H14O2S. The molecule has 100 valence electrons. The summed E-state index contributed by atoms with van der Waals surface area (Å²) in [7, 11) is 1.40. The first-order valence-corrected chi connectivity index (χ1v) is 7.18. The molecule has 0 amide bonds. The smallest absolute Gasteiger partial charge is 0.337 e. The van der Waals surface area contributed by atoms with Gasteiger partial charge in [-0.3, -0.25) is 0 Å². The Morgan fingerprint density at radius 1 is 1.10 bits per heavy atom. The molecule has 0 aliphatic heterocycles. The van der Waals surface area contributed by atoms with Crippen LogP contribution >= 0.6 is 11.3 Å². The lowest BCUT2D eigenvalue weighted by Crippen LogP contribution is -1.99. The van der Waals surface area contributed by atoms with Gasteiger partial charge in [-0.2, -0.15) is 0 Å². The van der Waals surface area contributed by atoms with Gasteiger partial charge in [-0.25, -0.2) is 4.79 Å². The van der Waals surface area contributed by atoms with Crippen molar-refractivity contribution in [1.82, 2.24) is 0 Å². The molecule has 0 aliphatic carbocycles. The Labute approximate surface area is 121 Å². The van der Waals surface area contributed by atoms with E-state index >= 15 is 0 Å². The second kappa shape index (κ2) is 5.10. The Hall–Kier alpha value is -2.13. The van der Waals surface area contributed by atoms with Crippen molar-refractivity contribution in [2.75, 3.05) is 7.11 Å². The van der Waals surface area contributed by atoms with Crippen LogP contribution in [-0.4, -0.2) is 13.1 Å². The van der Waals surface area contributed by atoms with Crippen LogP contribution in [0.15, 0.2) is 48.5 Å². The largest absolute Gasteiger partial charge is 0.465 e. The number of methoxy groups -OCH3 is 1. The van der Waals surface area contributed by atoms with Crippen LogP contribution in [0.25, 0.3) is 20.5 Å². The lowest BCUT2D eigenvalue weighted by molar-refractivity contribution is 0.0601. The van der Waals surface area contributed by atoms with Crippen LogP contribution < -0.4 is 0 Å². The number of carbonyl (C=O) groups is 1. The second-order valence-electron chi connectivity index (χ2n) is 4.72. The van der Waals surface area contributed by atoms with E-state index < -0.39 is 0 Å². The highest BCUT2D eigenvalue weighted by Gasteiger charge is 2.09. The summed E-state index contributed by atoms with van der Waals surface area (Å²) in [6.07, 6.45) is 0. The van der Waals surface area contributed by atoms with E-state index in [1.54, 1.807) is 17.4 Å². The summed E-state index contributed by atoms with van der Waals surface area (Å²) in [5.74, 6) is -0.294. The number of hydrogen-bond acceptors (Lipinski definition) is 3. The Kier molecular flexibility index (Phi) is 3.28. The molecule has 1 aromatic heterocycles. The summed E-state index contributed by atoms with van der Waals surface area (Å²) in [4.78, 5) is 12.8. The lowest BCUT2D eigenvalue weighted by atomic mass is 10.1. The maximum absolute atomic E-state index is 11.6. The van der Waals surface area contributed by atoms with Gasteiger partial charge in [0.15, 0.2) is 0 Å². The summed E-state index contributed by atoms with van der Waals surface area (Å²) >= 11 is 1.69. The van der Waals surface area contributed by atoms with Crippen LogP contribution in [0.3, 0.4) is 0 Å². The van der Waals surface area contributed by atoms with Crippen molar-refractivity contribution in [1.29, 1.82) is 0 Å². The molecule has 0 radical (unpaired) electrons. The number of ether oxygens (including phenoxy) is 1. The summed E-state index contributed by atoms with van der Waals surface area (Å²) in [5, 5.41) is 1.15. The average Bonchev–Trinajstić information content (AvgIpc) is 2.89. The zero-order valence-corrected chi connectivity index (χ0v) is 12.2. The fourth-order valence-electron chi connectivity index (χ4n) is 2.22. The topological polar surface area (TPSA) is 26.3 Å². The summed E-state index contributed by atoms with van der Waals surface area (Å²) in [6.45, 7) is 2.09. The Morgan fingerprint density at radius 3 is 2.70 bits per heavy atom. The van der Waals surface area contributed by atoms with Crippen LogP contribution in [0.5, 0.6) is 0 Å². The van der Waals surface area contributed by atoms with E-state index in [0.29, 0.717) is 5.56 Å². The molecule has 0 saturated carbocycles. The fourth-order valence-corrected chi connectivity index (χ4v) is 3.31. The summed E-state index contributed by atoms with van der Waals surface area (Å²) in [6, 6.07) is 16.3. The highest BCUT2D eigenvalue weighted by Crippen LogP contribution is 2.34. The molecule has 2 nitrogen and oxygen atoms in total. The van der Waals surface area contributed by atoms with E-state index in [9.17, 15) is 4.79 Å². The molecule has 0 saturated heterocycles. The number of benzene rings is 2. The molecule has 0 spiro atoms. The molecule has 0 unspecified atom stereocenters. The van der Waals surface area contributed by atoms with Gasteiger partial charge < -0.3 is 4.74 Å². The highest BCUT2D eigenvalue weighted by molar-refractivity contribution is 7.22. The number of thiophene rings is 1. The van der Waals surface area contributed by atoms with Gasteiger partial charge in [-0.15, -0.1) is 11.3 Å². The third kappa shape index (κ3) is 2.32. The van der Waals surface area contributed by atoms with Crippen LogP contribution in [0, 0.1) is 6.92 Å². The number of rotatable bonds is 2. The zero-order chi connectivity index (χ0) is 14.1. The minimum absolute atomic E-state index is 0.294. The van der Waals surface area contributed by atoms with E-state index in [-0.39, 0.29) is 5.97 Å². The maximum atomic E-state index is 11.6. The van der Waals surface area contributed by atoms with Crippen LogP contribution in [0.1, 0.15) is 15.9 Å². The minimum atomic E-state index is -0.294. The van der Waals surface area contributed by atoms with Gasteiger partial charge in [0.1, 0.15) is 0 Å². The normalized spacial score (nSPS) is 10.7. The number of carbonyl (C=O) groups excluding carboxylic acids is 1. The molecule has 0 bridgehead atoms. The first kappa shape index (κ1) is 12.9. The zero-order valence-electron chi connectivity index (χ0n) is 11.3. The van der Waals surface area contributed by atoms with Gasteiger partial charge in [-0.05, 0) is 36.1 Å². The lowest BCUT2D eigenvalue weighted by Gasteiger charge is -1.98. The molecule has 0 fully saturated rings. The first-order valence-electron chi connectivity index (χ1n) is 6.36. The van der Waals surface area contributed by atoms with E-state index in [2.05, 4.69) is 37.3 Å². The SMILES string of the molecule is COC(=O)c1ccc2cc(-c3cccc(C)c3)sc2c1. The van der Waals surface area contributed by atoms with E-state index in [1.165, 1.54) is 23.1 Å². The first-order chi connectivity index (χ1) is 9.67. The minimum Gasteiger partial charge on any atom is -0.465 e. The molecular weight excluding hydrogens is 268 g/mol. The molecule has 2 aromatic carbocycles. The van der Waals surface area contributed by atoms with E-state index in [1.807, 2.05) is 12.1 Å². The third-order valence-electron chi connectivity index (χ3n) is 3.24. The summed E-state index contributed by atoms with van der Waals surface area (Å²) in [5.41, 5.74) is 3.05. The second-order valence-corrected chi connectivity index (χ2v) is 5.81. The van der Waals surface area contributed by atoms with Gasteiger partial charge in [0.25, 0.3) is 0 Å². The standard InChI is InChI=1S/C17H14O2S/c1-11-4-3-5-12(8-11)15-9-13-6-7-14(17(18)19-2)10-16(13)20-15/h3-10H,1-2H3. The van der Waals surface area contributed by atoms with Gasteiger partial charge in [0, 0.05) is 9.58 Å². The highest BCUT2D eigenvalue weighted by atomic mass is 32.1. The third-order valence-corrected chi connectivity index (χ3v) is 4.39. The van der Waals surface area contributed by atoms with Crippen molar-refractivity contribution in [3.63, 3.8) is 0 Å². The summed E-state index contributed by atoms with van der Waals surface area (Å²) < 4.78 is 5.86. The molecule has 0 N–H and O–H groups in total. The Balaban J connectivity index is 2.09. The quantitative estimate of drug-likeness (QED) is 0.639. The molecule has 3 rings (SSSR count). The van der Waals surface area contributed by atoms with Gasteiger partial charge in [0.2, 0.25) is 0 Å². The van der Waals surface area contributed by atoms with Crippen molar-refractivity contribution in [3.8, 4) is 10.4 Å². The Bertz CT molecular complexity index is 787. The molecule has 20 heavy (non-hydrogen) atoms. The number of hydrogen-bond donors (Lipinski definition) is 0. The van der Waals surface area contributed by atoms with E-state index in [4.69, 9.17) is 4.74 Å². The van der Waals surface area contributed by atoms with Gasteiger partial charge in [0.05, 0.1) is 12.7 Å². The van der Waals surface area contributed by atoms with Crippen molar-refractivity contribution in [2.24, 2.45) is 0 Å². The van der Waals surface area contributed by atoms with Crippen molar-refractivity contribution < 1.29 is 9.53 Å². The molecule has 0 aliphatic rings. The van der Waals surface area contributed by atoms with Gasteiger partial charge in [-0.1, -0.05) is 35.9 Å². The van der Waals surface area contributed by atoms with Crippen molar-refractivity contribution in [3.05, 3.63) is 59.7 Å². The van der Waals surface area contributed by atoms with Crippen LogP contribution in [0.4, 0.5) is 0 Å². The van der Waals surface area contributed by atoms with Crippen LogP contribution in [-0.2, 0) is 4.74 Å². The van der Waals surface area contributed by atoms with E-state index in [0.717, 1.165) is 10.1 Å². The van der Waals surface area contributed by atoms with Crippen molar-refractivity contribution in [2.45, 2.75) is 6.92 Å². The van der Waals surface area contributed by atoms with Crippen LogP contribution in [0.2, 0.25) is 0 Å². The number of esters is 1. The Morgan fingerprint density at radius 2 is 1.95 bits per heavy atom. The van der Waals surface area contributed by atoms with Gasteiger partial charge >= 0.3 is 5.97 Å². The molecule has 3 heteroatoms. The predicted molar refractivity (Wildman–Crippen MR) is 83.3 cm³/mol. The maximum Gasteiger partial charge on any atom is 0.337 e. The van der Waals surface area contributed by atoms with Crippen molar-refractivity contribution >= 4 is 27.4 Å². The average molecular weight is 282 g/mol. The molecule has 0 atom stereocenters. The fraction of sp³-hybridized carbons (Fsp3) is 0.118. The predicted octanol–water partition coefficient (Wildman–Crippen LogP) is 4.66. The number of aryl methyl sites for hydroxylation is 1.